The largest absolute Gasteiger partial charge is 0.220 e. The number of hydrogen-bond donors (Lipinski definition) is 0. The van der Waals surface area contributed by atoms with E-state index in [1.807, 2.05) is 12.2 Å². The van der Waals surface area contributed by atoms with Crippen LogP contribution in [0.2, 0.25) is 0 Å². The molecule has 0 saturated heterocycles. The van der Waals surface area contributed by atoms with E-state index in [1.54, 1.807) is 12.2 Å². The van der Waals surface area contributed by atoms with Gasteiger partial charge in [-0.05, 0) is 0 Å². The van der Waals surface area contributed by atoms with Crippen molar-refractivity contribution in [3.8, 4) is 0 Å². The molecule has 0 rings (SSSR count). The van der Waals surface area contributed by atoms with Gasteiger partial charge in [-0.15, -0.1) is 0 Å². The second-order valence-electron chi connectivity index (χ2n) is 1.78. The molecule has 0 aromatic heterocycles. The first kappa shape index (κ1) is 14.2. The third kappa shape index (κ3) is 13.6. The van der Waals surface area contributed by atoms with Crippen LogP contribution >= 0.6 is 0 Å². The van der Waals surface area contributed by atoms with Gasteiger partial charge in [-0.1, -0.05) is 50.6 Å². The molecule has 0 aromatic carbocycles. The van der Waals surface area contributed by atoms with Crippen LogP contribution < -0.4 is 0 Å². The molecule has 0 fully saturated rings. The van der Waals surface area contributed by atoms with E-state index in [4.69, 9.17) is 0 Å². The molecule has 0 aliphatic heterocycles. The molecule has 0 aliphatic carbocycles. The summed E-state index contributed by atoms with van der Waals surface area (Å²) in [5.74, 6) is 0. The Labute approximate surface area is 80.2 Å². The summed E-state index contributed by atoms with van der Waals surface area (Å²) in [5.41, 5.74) is 0. The van der Waals surface area contributed by atoms with E-state index < -0.39 is 9.84 Å². The third-order valence-electron chi connectivity index (χ3n) is 0.848. The number of allylic oxidation sites excluding steroid dienone is 4. The highest BCUT2D eigenvalue weighted by molar-refractivity contribution is 7.97. The van der Waals surface area contributed by atoms with Gasteiger partial charge in [0, 0.05) is 10.8 Å². The Balaban J connectivity index is 0. The lowest BCUT2D eigenvalue weighted by Crippen LogP contribution is -1.83. The molecule has 0 spiro atoms. The van der Waals surface area contributed by atoms with Gasteiger partial charge in [-0.2, -0.15) is 0 Å². The molecule has 0 aromatic rings. The highest BCUT2D eigenvalue weighted by Gasteiger charge is 1.90. The number of rotatable bonds is 4. The molecule has 0 unspecified atom stereocenters. The molecule has 0 amide bonds. The minimum Gasteiger partial charge on any atom is -0.220 e. The van der Waals surface area contributed by atoms with Crippen LogP contribution in [0.15, 0.2) is 61.4 Å². The van der Waals surface area contributed by atoms with Crippen LogP contribution in [-0.2, 0) is 9.84 Å². The van der Waals surface area contributed by atoms with Crippen molar-refractivity contribution < 1.29 is 8.42 Å². The maximum absolute atomic E-state index is 10.1. The van der Waals surface area contributed by atoms with E-state index in [9.17, 15) is 8.42 Å². The van der Waals surface area contributed by atoms with Crippen LogP contribution in [0, 0.1) is 0 Å². The molecule has 0 heterocycles. The lowest BCUT2D eigenvalue weighted by molar-refractivity contribution is 0.613. The molecular formula is C10H14O2S. The van der Waals surface area contributed by atoms with Crippen molar-refractivity contribution in [3.05, 3.63) is 61.4 Å². The first-order valence-electron chi connectivity index (χ1n) is 3.44. The zero-order valence-electron chi connectivity index (χ0n) is 7.52. The van der Waals surface area contributed by atoms with E-state index in [-0.39, 0.29) is 0 Å². The summed E-state index contributed by atoms with van der Waals surface area (Å²) in [4.78, 5) is 0. The molecule has 0 saturated carbocycles. The number of sulfone groups is 1. The van der Waals surface area contributed by atoms with E-state index in [1.165, 1.54) is 0 Å². The average Bonchev–Trinajstić information content (AvgIpc) is 2.16. The predicted octanol–water partition coefficient (Wildman–Crippen LogP) is 2.60. The molecule has 0 bridgehead atoms. The first-order valence-corrected chi connectivity index (χ1v) is 5.05. The van der Waals surface area contributed by atoms with Gasteiger partial charge in [0.1, 0.15) is 0 Å². The summed E-state index contributed by atoms with van der Waals surface area (Å²) in [7, 11) is -3.13. The predicted molar refractivity (Wildman–Crippen MR) is 58.8 cm³/mol. The fourth-order valence-electron chi connectivity index (χ4n) is 0.225. The van der Waals surface area contributed by atoms with E-state index in [0.717, 1.165) is 10.8 Å². The summed E-state index contributed by atoms with van der Waals surface area (Å²) in [6.45, 7) is 13.0. The van der Waals surface area contributed by atoms with Gasteiger partial charge < -0.3 is 0 Å². The van der Waals surface area contributed by atoms with Crippen molar-refractivity contribution >= 4 is 9.84 Å². The van der Waals surface area contributed by atoms with Gasteiger partial charge in [0.25, 0.3) is 0 Å². The lowest BCUT2D eigenvalue weighted by atomic mass is 10.5. The van der Waals surface area contributed by atoms with Crippen molar-refractivity contribution in [2.45, 2.75) is 0 Å². The molecule has 0 radical (unpaired) electrons. The van der Waals surface area contributed by atoms with E-state index in [0.29, 0.717) is 0 Å². The van der Waals surface area contributed by atoms with Gasteiger partial charge in [-0.25, -0.2) is 8.42 Å². The van der Waals surface area contributed by atoms with Crippen LogP contribution in [0.4, 0.5) is 0 Å². The molecule has 2 nitrogen and oxygen atoms in total. The first-order chi connectivity index (χ1) is 6.04. The lowest BCUT2D eigenvalue weighted by Gasteiger charge is -1.78. The van der Waals surface area contributed by atoms with Gasteiger partial charge in [0.2, 0.25) is 0 Å². The van der Waals surface area contributed by atoms with Crippen LogP contribution in [-0.4, -0.2) is 8.42 Å². The van der Waals surface area contributed by atoms with Crippen LogP contribution in [0.5, 0.6) is 0 Å². The molecule has 0 aliphatic rings. The summed E-state index contributed by atoms with van der Waals surface area (Å²) in [6.07, 6.45) is 7.07. The molecule has 0 atom stereocenters. The van der Waals surface area contributed by atoms with Crippen molar-refractivity contribution in [1.29, 1.82) is 0 Å². The highest BCUT2D eigenvalue weighted by Crippen LogP contribution is 1.87. The number of hydrogen-bond acceptors (Lipinski definition) is 2. The van der Waals surface area contributed by atoms with Crippen LogP contribution in [0.25, 0.3) is 0 Å². The van der Waals surface area contributed by atoms with E-state index in [2.05, 4.69) is 26.3 Å². The minimum atomic E-state index is -3.13. The third-order valence-corrected chi connectivity index (χ3v) is 1.78. The van der Waals surface area contributed by atoms with Gasteiger partial charge in [0.15, 0.2) is 9.84 Å². The minimum absolute atomic E-state index is 0.847. The molecule has 13 heavy (non-hydrogen) atoms. The fraction of sp³-hybridized carbons (Fsp3) is 0. The Bertz CT molecular complexity index is 271. The Kier molecular flexibility index (Phi) is 9.54. The van der Waals surface area contributed by atoms with Crippen molar-refractivity contribution in [2.75, 3.05) is 0 Å². The Morgan fingerprint density at radius 1 is 0.769 bits per heavy atom. The maximum Gasteiger partial charge on any atom is 0.191 e. The van der Waals surface area contributed by atoms with Gasteiger partial charge in [-0.3, -0.25) is 0 Å². The van der Waals surface area contributed by atoms with Gasteiger partial charge in [0.05, 0.1) is 0 Å². The maximum atomic E-state index is 10.1. The van der Waals surface area contributed by atoms with E-state index >= 15 is 0 Å². The quantitative estimate of drug-likeness (QED) is 0.651. The standard InChI is InChI=1S/C6H8.C4H6O2S/c1-3-5-6-4-2;1-3-7(5,6)4-2/h3-6H,1-2H2;3-4H,1-2H2. The van der Waals surface area contributed by atoms with Crippen LogP contribution in [0.1, 0.15) is 0 Å². The smallest absolute Gasteiger partial charge is 0.191 e. The topological polar surface area (TPSA) is 34.1 Å². The second-order valence-corrected chi connectivity index (χ2v) is 3.62. The Hall–Kier alpha value is -1.35. The molecule has 3 heteroatoms. The fourth-order valence-corrected chi connectivity index (χ4v) is 0.361. The summed E-state index contributed by atoms with van der Waals surface area (Å²) in [6, 6.07) is 0. The Morgan fingerprint density at radius 2 is 1.08 bits per heavy atom. The summed E-state index contributed by atoms with van der Waals surface area (Å²) in [5, 5.41) is 1.69. The normalized spacial score (nSPS) is 9.54. The summed E-state index contributed by atoms with van der Waals surface area (Å²) < 4.78 is 20.3. The van der Waals surface area contributed by atoms with Gasteiger partial charge >= 0.3 is 0 Å². The zero-order valence-corrected chi connectivity index (χ0v) is 8.33. The Morgan fingerprint density at radius 3 is 1.15 bits per heavy atom. The molecular weight excluding hydrogens is 184 g/mol. The molecule has 0 N–H and O–H groups in total. The monoisotopic (exact) mass is 198 g/mol. The summed E-state index contributed by atoms with van der Waals surface area (Å²) >= 11 is 0. The van der Waals surface area contributed by atoms with Crippen molar-refractivity contribution in [2.24, 2.45) is 0 Å². The zero-order chi connectivity index (χ0) is 10.7. The second kappa shape index (κ2) is 8.74. The SMILES string of the molecule is C=CC=CC=C.C=CS(=O)(=O)C=C. The van der Waals surface area contributed by atoms with Crippen molar-refractivity contribution in [1.82, 2.24) is 0 Å². The highest BCUT2D eigenvalue weighted by atomic mass is 32.2. The van der Waals surface area contributed by atoms with Crippen molar-refractivity contribution in [3.63, 3.8) is 0 Å². The average molecular weight is 198 g/mol. The van der Waals surface area contributed by atoms with Crippen LogP contribution in [0.3, 0.4) is 0 Å². The molecule has 72 valence electrons.